The van der Waals surface area contributed by atoms with Gasteiger partial charge in [0.2, 0.25) is 0 Å². The topological polar surface area (TPSA) is 20.2 Å². The number of hydrogen-bond acceptors (Lipinski definition) is 1. The Morgan fingerprint density at radius 3 is 1.91 bits per heavy atom. The molecule has 3 heteroatoms. The zero-order chi connectivity index (χ0) is 16.4. The van der Waals surface area contributed by atoms with E-state index in [2.05, 4.69) is 6.92 Å². The van der Waals surface area contributed by atoms with Crippen LogP contribution < -0.4 is 0 Å². The second kappa shape index (κ2) is 7.80. The molecule has 0 radical (unpaired) electrons. The molecular weight excluding hydrogens is 294 g/mol. The van der Waals surface area contributed by atoms with Crippen LogP contribution in [0.25, 0.3) is 0 Å². The molecule has 0 amide bonds. The summed E-state index contributed by atoms with van der Waals surface area (Å²) in [4.78, 5) is 0. The SMILES string of the molecule is CC1CCC(CC2CCC(C3CCC(O)C(F)C3F)CC2)CC1. The fraction of sp³-hybridized carbons (Fsp3) is 1.00. The summed E-state index contributed by atoms with van der Waals surface area (Å²) in [6.45, 7) is 2.37. The Hall–Kier alpha value is -0.180. The Morgan fingerprint density at radius 1 is 0.739 bits per heavy atom. The standard InChI is InChI=1S/C20H34F2O/c1-13-2-4-14(5-3-13)12-15-6-8-16(9-7-15)17-10-11-18(23)20(22)19(17)21/h13-20,23H,2-12H2,1H3. The summed E-state index contributed by atoms with van der Waals surface area (Å²) in [5.41, 5.74) is 0. The summed E-state index contributed by atoms with van der Waals surface area (Å²) in [6, 6.07) is 0. The lowest BCUT2D eigenvalue weighted by atomic mass is 9.67. The minimum Gasteiger partial charge on any atom is -0.390 e. The maximum absolute atomic E-state index is 14.2. The van der Waals surface area contributed by atoms with Crippen molar-refractivity contribution in [3.8, 4) is 0 Å². The number of rotatable bonds is 3. The molecule has 3 fully saturated rings. The number of aliphatic hydroxyl groups excluding tert-OH is 1. The molecule has 0 aliphatic heterocycles. The van der Waals surface area contributed by atoms with E-state index in [0.29, 0.717) is 18.8 Å². The molecule has 0 spiro atoms. The number of alkyl halides is 2. The molecule has 23 heavy (non-hydrogen) atoms. The zero-order valence-electron chi connectivity index (χ0n) is 14.6. The first-order chi connectivity index (χ1) is 11.0. The summed E-state index contributed by atoms with van der Waals surface area (Å²) in [5.74, 6) is 2.85. The highest BCUT2D eigenvalue weighted by molar-refractivity contribution is 4.92. The molecule has 1 nitrogen and oxygen atoms in total. The molecular formula is C20H34F2O. The monoisotopic (exact) mass is 328 g/mol. The highest BCUT2D eigenvalue weighted by Crippen LogP contribution is 2.44. The van der Waals surface area contributed by atoms with E-state index >= 15 is 0 Å². The van der Waals surface area contributed by atoms with Crippen molar-refractivity contribution < 1.29 is 13.9 Å². The average molecular weight is 328 g/mol. The van der Waals surface area contributed by atoms with E-state index in [1.807, 2.05) is 0 Å². The van der Waals surface area contributed by atoms with Crippen molar-refractivity contribution in [2.45, 2.75) is 96.0 Å². The third-order valence-corrected chi connectivity index (χ3v) is 7.18. The van der Waals surface area contributed by atoms with E-state index in [-0.39, 0.29) is 5.92 Å². The summed E-state index contributed by atoms with van der Waals surface area (Å²) in [7, 11) is 0. The normalized spacial score (nSPS) is 49.0. The van der Waals surface area contributed by atoms with Gasteiger partial charge in [-0.15, -0.1) is 0 Å². The third-order valence-electron chi connectivity index (χ3n) is 7.18. The fourth-order valence-electron chi connectivity index (χ4n) is 5.51. The second-order valence-electron chi connectivity index (χ2n) is 8.84. The molecule has 134 valence electrons. The first-order valence-electron chi connectivity index (χ1n) is 10.0. The zero-order valence-corrected chi connectivity index (χ0v) is 14.6. The molecule has 3 rings (SSSR count). The van der Waals surface area contributed by atoms with Gasteiger partial charge in [-0.3, -0.25) is 0 Å². The molecule has 0 aromatic carbocycles. The van der Waals surface area contributed by atoms with Crippen molar-refractivity contribution in [2.24, 2.45) is 29.6 Å². The van der Waals surface area contributed by atoms with Crippen LogP contribution in [0.4, 0.5) is 8.78 Å². The number of halogens is 2. The molecule has 4 unspecified atom stereocenters. The maximum Gasteiger partial charge on any atom is 0.157 e. The Kier molecular flexibility index (Phi) is 5.98. The van der Waals surface area contributed by atoms with Gasteiger partial charge in [-0.2, -0.15) is 0 Å². The summed E-state index contributed by atoms with van der Waals surface area (Å²) in [6.07, 6.45) is 8.44. The Labute approximate surface area is 140 Å². The van der Waals surface area contributed by atoms with Gasteiger partial charge in [0.15, 0.2) is 6.17 Å². The molecule has 3 aliphatic rings. The predicted octanol–water partition coefficient (Wildman–Crippen LogP) is 5.46. The quantitative estimate of drug-likeness (QED) is 0.729. The highest BCUT2D eigenvalue weighted by Gasteiger charge is 2.43. The van der Waals surface area contributed by atoms with Crippen LogP contribution in [0.5, 0.6) is 0 Å². The number of aliphatic hydroxyl groups is 1. The van der Waals surface area contributed by atoms with E-state index in [4.69, 9.17) is 0 Å². The van der Waals surface area contributed by atoms with Crippen molar-refractivity contribution in [2.75, 3.05) is 0 Å². The van der Waals surface area contributed by atoms with Gasteiger partial charge in [0.25, 0.3) is 0 Å². The maximum atomic E-state index is 14.2. The predicted molar refractivity (Wildman–Crippen MR) is 89.7 cm³/mol. The van der Waals surface area contributed by atoms with Crippen molar-refractivity contribution in [1.82, 2.24) is 0 Å². The van der Waals surface area contributed by atoms with E-state index < -0.39 is 18.4 Å². The molecule has 3 aliphatic carbocycles. The van der Waals surface area contributed by atoms with Crippen LogP contribution in [0.15, 0.2) is 0 Å². The molecule has 3 saturated carbocycles. The lowest BCUT2D eigenvalue weighted by Gasteiger charge is -2.41. The van der Waals surface area contributed by atoms with Crippen LogP contribution in [-0.2, 0) is 0 Å². The molecule has 0 heterocycles. The minimum absolute atomic E-state index is 0.148. The Balaban J connectivity index is 1.43. The van der Waals surface area contributed by atoms with Gasteiger partial charge in [-0.1, -0.05) is 45.4 Å². The van der Waals surface area contributed by atoms with Crippen LogP contribution in [-0.4, -0.2) is 23.6 Å². The molecule has 0 bridgehead atoms. The second-order valence-corrected chi connectivity index (χ2v) is 8.84. The molecule has 4 atom stereocenters. The van der Waals surface area contributed by atoms with E-state index in [1.54, 1.807) is 0 Å². The average Bonchev–Trinajstić information content (AvgIpc) is 2.56. The van der Waals surface area contributed by atoms with Gasteiger partial charge in [0.05, 0.1) is 6.10 Å². The van der Waals surface area contributed by atoms with Crippen molar-refractivity contribution >= 4 is 0 Å². The Morgan fingerprint density at radius 2 is 1.30 bits per heavy atom. The first kappa shape index (κ1) is 17.6. The van der Waals surface area contributed by atoms with Crippen LogP contribution in [0, 0.1) is 29.6 Å². The van der Waals surface area contributed by atoms with Crippen LogP contribution >= 0.6 is 0 Å². The lowest BCUT2D eigenvalue weighted by molar-refractivity contribution is -0.0551. The van der Waals surface area contributed by atoms with Gasteiger partial charge >= 0.3 is 0 Å². The van der Waals surface area contributed by atoms with Gasteiger partial charge in [0, 0.05) is 0 Å². The van der Waals surface area contributed by atoms with E-state index in [1.165, 1.54) is 44.9 Å². The van der Waals surface area contributed by atoms with Gasteiger partial charge in [-0.25, -0.2) is 8.78 Å². The summed E-state index contributed by atoms with van der Waals surface area (Å²) in [5, 5.41) is 9.49. The smallest absolute Gasteiger partial charge is 0.157 e. The summed E-state index contributed by atoms with van der Waals surface area (Å²) < 4.78 is 28.0. The molecule has 0 aromatic heterocycles. The van der Waals surface area contributed by atoms with E-state index in [9.17, 15) is 13.9 Å². The first-order valence-corrected chi connectivity index (χ1v) is 10.0. The fourth-order valence-corrected chi connectivity index (χ4v) is 5.51. The van der Waals surface area contributed by atoms with Crippen LogP contribution in [0.3, 0.4) is 0 Å². The van der Waals surface area contributed by atoms with Gasteiger partial charge in [0.1, 0.15) is 6.17 Å². The molecule has 0 aromatic rings. The Bertz CT molecular complexity index is 359. The van der Waals surface area contributed by atoms with Gasteiger partial charge in [-0.05, 0) is 61.7 Å². The van der Waals surface area contributed by atoms with Crippen LogP contribution in [0.1, 0.15) is 77.6 Å². The lowest BCUT2D eigenvalue weighted by Crippen LogP contribution is -2.44. The largest absolute Gasteiger partial charge is 0.390 e. The minimum atomic E-state index is -1.66. The number of hydrogen-bond donors (Lipinski definition) is 1. The highest BCUT2D eigenvalue weighted by atomic mass is 19.2. The van der Waals surface area contributed by atoms with Crippen LogP contribution in [0.2, 0.25) is 0 Å². The van der Waals surface area contributed by atoms with Gasteiger partial charge < -0.3 is 5.11 Å². The van der Waals surface area contributed by atoms with Crippen molar-refractivity contribution in [3.05, 3.63) is 0 Å². The molecule has 1 N–H and O–H groups in total. The van der Waals surface area contributed by atoms with E-state index in [0.717, 1.165) is 30.6 Å². The van der Waals surface area contributed by atoms with Crippen molar-refractivity contribution in [1.29, 1.82) is 0 Å². The molecule has 0 saturated heterocycles. The third kappa shape index (κ3) is 4.27. The van der Waals surface area contributed by atoms with Crippen molar-refractivity contribution in [3.63, 3.8) is 0 Å². The summed E-state index contributed by atoms with van der Waals surface area (Å²) >= 11 is 0.